The van der Waals surface area contributed by atoms with E-state index in [-0.39, 0.29) is 24.0 Å². The fourth-order valence-electron chi connectivity index (χ4n) is 3.42. The van der Waals surface area contributed by atoms with Crippen LogP contribution in [-0.2, 0) is 6.54 Å². The minimum absolute atomic E-state index is 0. The van der Waals surface area contributed by atoms with Gasteiger partial charge in [0.2, 0.25) is 0 Å². The van der Waals surface area contributed by atoms with Gasteiger partial charge >= 0.3 is 0 Å². The van der Waals surface area contributed by atoms with Crippen LogP contribution in [0.1, 0.15) is 37.5 Å². The van der Waals surface area contributed by atoms with Crippen molar-refractivity contribution in [3.8, 4) is 0 Å². The molecule has 1 heterocycles. The number of likely N-dealkylation sites (N-methyl/N-ethyl adjacent to an activating group) is 1. The lowest BCUT2D eigenvalue weighted by Crippen LogP contribution is -2.53. The molecule has 0 spiro atoms. The number of piperazine rings is 1. The lowest BCUT2D eigenvalue weighted by molar-refractivity contribution is 0.107. The van der Waals surface area contributed by atoms with E-state index in [0.717, 1.165) is 38.7 Å². The molecule has 0 bridgehead atoms. The average Bonchev–Trinajstić information content (AvgIpc) is 2.65. The zero-order chi connectivity index (χ0) is 18.9. The summed E-state index contributed by atoms with van der Waals surface area (Å²) in [7, 11) is 0. The van der Waals surface area contributed by atoms with E-state index in [2.05, 4.69) is 73.3 Å². The molecular weight excluding hydrogens is 449 g/mol. The first-order chi connectivity index (χ1) is 12.5. The highest BCUT2D eigenvalue weighted by atomic mass is 127. The number of hydrogen-bond donors (Lipinski definition) is 2. The minimum Gasteiger partial charge on any atom is -0.357 e. The Morgan fingerprint density at radius 3 is 2.41 bits per heavy atom. The summed E-state index contributed by atoms with van der Waals surface area (Å²) in [5.74, 6) is 0.909. The smallest absolute Gasteiger partial charge is 0.191 e. The van der Waals surface area contributed by atoms with Crippen molar-refractivity contribution in [1.29, 1.82) is 0 Å². The highest BCUT2D eigenvalue weighted by Gasteiger charge is 2.20. The monoisotopic (exact) mass is 487 g/mol. The number of guanidine groups is 1. The topological polar surface area (TPSA) is 42.9 Å². The van der Waals surface area contributed by atoms with Crippen LogP contribution >= 0.6 is 24.0 Å². The molecule has 1 aliphatic heterocycles. The molecule has 1 atom stereocenters. The molecule has 0 aliphatic carbocycles. The summed E-state index contributed by atoms with van der Waals surface area (Å²) in [6, 6.07) is 7.09. The summed E-state index contributed by atoms with van der Waals surface area (Å²) in [5, 5.41) is 6.90. The summed E-state index contributed by atoms with van der Waals surface area (Å²) in [5.41, 5.74) is 3.90. The molecule has 0 aromatic heterocycles. The van der Waals surface area contributed by atoms with Crippen LogP contribution in [0, 0.1) is 13.8 Å². The predicted octanol–water partition coefficient (Wildman–Crippen LogP) is 3.00. The van der Waals surface area contributed by atoms with Gasteiger partial charge in [0.15, 0.2) is 5.96 Å². The van der Waals surface area contributed by atoms with Crippen molar-refractivity contribution >= 4 is 29.9 Å². The second-order valence-electron chi connectivity index (χ2n) is 7.33. The first kappa shape index (κ1) is 24.2. The molecule has 1 unspecified atom stereocenters. The fourth-order valence-corrected chi connectivity index (χ4v) is 3.42. The number of nitrogens with one attached hydrogen (secondary N) is 2. The lowest BCUT2D eigenvalue weighted by Gasteiger charge is -2.37. The maximum atomic E-state index is 4.78. The summed E-state index contributed by atoms with van der Waals surface area (Å²) >= 11 is 0. The van der Waals surface area contributed by atoms with Crippen molar-refractivity contribution in [3.05, 3.63) is 34.9 Å². The fraction of sp³-hybridized carbons (Fsp3) is 0.667. The Bertz CT molecular complexity index is 582. The van der Waals surface area contributed by atoms with Crippen LogP contribution in [0.2, 0.25) is 0 Å². The Hall–Kier alpha value is -0.860. The normalized spacial score (nSPS) is 17.3. The molecule has 27 heavy (non-hydrogen) atoms. The van der Waals surface area contributed by atoms with Gasteiger partial charge in [-0.25, -0.2) is 4.99 Å². The number of aliphatic imine (C=N–C) groups is 1. The molecule has 1 aromatic carbocycles. The van der Waals surface area contributed by atoms with Crippen molar-refractivity contribution in [3.63, 3.8) is 0 Å². The van der Waals surface area contributed by atoms with Crippen molar-refractivity contribution in [1.82, 2.24) is 20.4 Å². The van der Waals surface area contributed by atoms with Crippen molar-refractivity contribution in [2.24, 2.45) is 4.99 Å². The van der Waals surface area contributed by atoms with E-state index in [1.807, 2.05) is 0 Å². The Balaban J connectivity index is 0.00000364. The maximum Gasteiger partial charge on any atom is 0.191 e. The number of aryl methyl sites for hydroxylation is 2. The molecule has 1 saturated heterocycles. The van der Waals surface area contributed by atoms with Crippen molar-refractivity contribution < 1.29 is 0 Å². The number of benzene rings is 1. The molecule has 154 valence electrons. The average molecular weight is 487 g/mol. The van der Waals surface area contributed by atoms with Gasteiger partial charge in [0.25, 0.3) is 0 Å². The van der Waals surface area contributed by atoms with Gasteiger partial charge in [0.1, 0.15) is 0 Å². The molecule has 0 radical (unpaired) electrons. The van der Waals surface area contributed by atoms with Gasteiger partial charge in [-0.1, -0.05) is 30.7 Å². The number of rotatable bonds is 7. The van der Waals surface area contributed by atoms with E-state index in [1.165, 1.54) is 29.8 Å². The highest BCUT2D eigenvalue weighted by Crippen LogP contribution is 2.11. The highest BCUT2D eigenvalue weighted by molar-refractivity contribution is 14.0. The van der Waals surface area contributed by atoms with Gasteiger partial charge in [0, 0.05) is 45.3 Å². The van der Waals surface area contributed by atoms with Gasteiger partial charge in [-0.3, -0.25) is 4.90 Å². The molecule has 0 saturated carbocycles. The van der Waals surface area contributed by atoms with E-state index in [4.69, 9.17) is 4.99 Å². The van der Waals surface area contributed by atoms with E-state index >= 15 is 0 Å². The summed E-state index contributed by atoms with van der Waals surface area (Å²) in [6.07, 6.45) is 0. The molecule has 1 fully saturated rings. The maximum absolute atomic E-state index is 4.78. The zero-order valence-corrected chi connectivity index (χ0v) is 20.0. The minimum atomic E-state index is 0. The van der Waals surface area contributed by atoms with Gasteiger partial charge in [-0.05, 0) is 45.4 Å². The summed E-state index contributed by atoms with van der Waals surface area (Å²) in [4.78, 5) is 9.88. The third-order valence-corrected chi connectivity index (χ3v) is 5.29. The standard InChI is InChI=1S/C21H37N5.HI/c1-6-22-21(24-16-20-9-8-17(3)14-18(20)4)23-15-19(5)26-12-10-25(7-2)11-13-26;/h8-9,14,19H,6-7,10-13,15-16H2,1-5H3,(H2,22,23,24);1H. The van der Waals surface area contributed by atoms with Gasteiger partial charge in [0.05, 0.1) is 6.54 Å². The Morgan fingerprint density at radius 2 is 1.81 bits per heavy atom. The molecule has 0 amide bonds. The molecule has 1 aromatic rings. The van der Waals surface area contributed by atoms with Crippen LogP contribution in [0.3, 0.4) is 0 Å². The first-order valence-electron chi connectivity index (χ1n) is 10.1. The van der Waals surface area contributed by atoms with Gasteiger partial charge in [-0.15, -0.1) is 24.0 Å². The van der Waals surface area contributed by atoms with Crippen LogP contribution in [0.5, 0.6) is 0 Å². The molecule has 2 N–H and O–H groups in total. The molecule has 2 rings (SSSR count). The zero-order valence-electron chi connectivity index (χ0n) is 17.7. The molecule has 5 nitrogen and oxygen atoms in total. The Labute approximate surface area is 183 Å². The lowest BCUT2D eigenvalue weighted by atomic mass is 10.1. The Morgan fingerprint density at radius 1 is 1.11 bits per heavy atom. The van der Waals surface area contributed by atoms with Crippen LogP contribution in [0.4, 0.5) is 0 Å². The van der Waals surface area contributed by atoms with Crippen LogP contribution in [0.15, 0.2) is 23.2 Å². The largest absolute Gasteiger partial charge is 0.357 e. The Kier molecular flexibility index (Phi) is 11.3. The van der Waals surface area contributed by atoms with E-state index in [0.29, 0.717) is 12.6 Å². The number of halogens is 1. The van der Waals surface area contributed by atoms with E-state index < -0.39 is 0 Å². The van der Waals surface area contributed by atoms with Gasteiger partial charge in [-0.2, -0.15) is 0 Å². The molecular formula is C21H38IN5. The van der Waals surface area contributed by atoms with E-state index in [9.17, 15) is 0 Å². The second-order valence-corrected chi connectivity index (χ2v) is 7.33. The summed E-state index contributed by atoms with van der Waals surface area (Å²) < 4.78 is 0. The molecule has 6 heteroatoms. The van der Waals surface area contributed by atoms with Crippen molar-refractivity contribution in [2.45, 2.75) is 47.2 Å². The van der Waals surface area contributed by atoms with Crippen molar-refractivity contribution in [2.75, 3.05) is 45.8 Å². The number of hydrogen-bond acceptors (Lipinski definition) is 3. The second kappa shape index (κ2) is 12.6. The first-order valence-corrected chi connectivity index (χ1v) is 10.1. The SMILES string of the molecule is CCNC(=NCc1ccc(C)cc1C)NCC(C)N1CCN(CC)CC1.I. The van der Waals surface area contributed by atoms with Crippen LogP contribution in [0.25, 0.3) is 0 Å². The van der Waals surface area contributed by atoms with E-state index in [1.54, 1.807) is 0 Å². The third kappa shape index (κ3) is 7.95. The summed E-state index contributed by atoms with van der Waals surface area (Å²) in [6.45, 7) is 19.3. The quantitative estimate of drug-likeness (QED) is 0.353. The van der Waals surface area contributed by atoms with Gasteiger partial charge < -0.3 is 15.5 Å². The van der Waals surface area contributed by atoms with Crippen LogP contribution < -0.4 is 10.6 Å². The predicted molar refractivity (Wildman–Crippen MR) is 127 cm³/mol. The van der Waals surface area contributed by atoms with Crippen LogP contribution in [-0.4, -0.2) is 67.6 Å². The number of nitrogens with zero attached hydrogens (tertiary/aromatic N) is 3. The molecule has 1 aliphatic rings. The third-order valence-electron chi connectivity index (χ3n) is 5.29.